The SMILES string of the molecule is COC1c2c(c(=O)[nH]c(=O)n2C2CC2)C(N)=C(F)C1N1CC2CC(F)(F)C(N)C2C1. The number of fused-ring (bicyclic) bond motifs is 2. The van der Waals surface area contributed by atoms with Crippen LogP contribution in [0, 0.1) is 11.8 Å². The van der Waals surface area contributed by atoms with E-state index in [0.717, 1.165) is 12.8 Å². The molecule has 3 aliphatic carbocycles. The van der Waals surface area contributed by atoms with Crippen molar-refractivity contribution in [1.82, 2.24) is 14.5 Å². The Kier molecular flexibility index (Phi) is 4.26. The number of rotatable bonds is 3. The maximum atomic E-state index is 15.5. The van der Waals surface area contributed by atoms with Gasteiger partial charge in [0.2, 0.25) is 0 Å². The second kappa shape index (κ2) is 6.44. The first kappa shape index (κ1) is 19.8. The second-order valence-electron chi connectivity index (χ2n) is 8.85. The van der Waals surface area contributed by atoms with E-state index in [1.807, 2.05) is 0 Å². The van der Waals surface area contributed by atoms with Gasteiger partial charge in [0.15, 0.2) is 0 Å². The van der Waals surface area contributed by atoms with Crippen molar-refractivity contribution in [3.05, 3.63) is 37.9 Å². The minimum atomic E-state index is -2.94. The lowest BCUT2D eigenvalue weighted by atomic mass is 9.91. The fourth-order valence-corrected chi connectivity index (χ4v) is 5.53. The van der Waals surface area contributed by atoms with Crippen molar-refractivity contribution in [3.8, 4) is 0 Å². The monoisotopic (exact) mass is 427 g/mol. The van der Waals surface area contributed by atoms with E-state index < -0.39 is 47.1 Å². The summed E-state index contributed by atoms with van der Waals surface area (Å²) in [5.74, 6) is -4.53. The number of aromatic amines is 1. The van der Waals surface area contributed by atoms with Crippen molar-refractivity contribution in [2.75, 3.05) is 20.2 Å². The fourth-order valence-electron chi connectivity index (χ4n) is 5.53. The van der Waals surface area contributed by atoms with E-state index >= 15 is 4.39 Å². The van der Waals surface area contributed by atoms with Crippen LogP contribution in [0.2, 0.25) is 0 Å². The molecule has 0 aromatic carbocycles. The number of aromatic nitrogens is 2. The van der Waals surface area contributed by atoms with E-state index in [0.29, 0.717) is 0 Å². The average molecular weight is 427 g/mol. The Morgan fingerprint density at radius 1 is 1.23 bits per heavy atom. The zero-order valence-corrected chi connectivity index (χ0v) is 16.4. The highest BCUT2D eigenvalue weighted by Gasteiger charge is 2.58. The predicted octanol–water partition coefficient (Wildman–Crippen LogP) is 0.452. The van der Waals surface area contributed by atoms with Gasteiger partial charge in [0.05, 0.1) is 29.0 Å². The van der Waals surface area contributed by atoms with Gasteiger partial charge in [-0.05, 0) is 24.7 Å². The highest BCUT2D eigenvalue weighted by Crippen LogP contribution is 2.49. The van der Waals surface area contributed by atoms with Gasteiger partial charge in [-0.3, -0.25) is 19.2 Å². The van der Waals surface area contributed by atoms with E-state index in [1.165, 1.54) is 11.7 Å². The Balaban J connectivity index is 1.60. The maximum Gasteiger partial charge on any atom is 0.328 e. The Morgan fingerprint density at radius 2 is 1.93 bits per heavy atom. The summed E-state index contributed by atoms with van der Waals surface area (Å²) >= 11 is 0. The molecule has 5 atom stereocenters. The minimum Gasteiger partial charge on any atom is -0.396 e. The summed E-state index contributed by atoms with van der Waals surface area (Å²) in [5.41, 5.74) is 10.3. The van der Waals surface area contributed by atoms with Crippen molar-refractivity contribution in [2.24, 2.45) is 23.3 Å². The third-order valence-electron chi connectivity index (χ3n) is 7.09. The molecule has 1 aromatic heterocycles. The van der Waals surface area contributed by atoms with Crippen LogP contribution >= 0.6 is 0 Å². The number of hydrogen-bond acceptors (Lipinski definition) is 6. The summed E-state index contributed by atoms with van der Waals surface area (Å²) in [6.45, 7) is 0.379. The molecule has 1 saturated heterocycles. The first-order chi connectivity index (χ1) is 14.2. The number of ether oxygens (including phenoxy) is 1. The third-order valence-corrected chi connectivity index (χ3v) is 7.09. The van der Waals surface area contributed by atoms with E-state index in [4.69, 9.17) is 16.2 Å². The molecule has 164 valence electrons. The molecule has 1 aromatic rings. The molecule has 0 amide bonds. The van der Waals surface area contributed by atoms with Crippen LogP contribution in [0.3, 0.4) is 0 Å². The summed E-state index contributed by atoms with van der Waals surface area (Å²) in [5, 5.41) is 0. The van der Waals surface area contributed by atoms with Crippen LogP contribution in [0.15, 0.2) is 15.4 Å². The van der Waals surface area contributed by atoms with Gasteiger partial charge in [-0.1, -0.05) is 0 Å². The van der Waals surface area contributed by atoms with Crippen LogP contribution in [0.25, 0.3) is 5.70 Å². The first-order valence-electron chi connectivity index (χ1n) is 10.1. The molecule has 8 nitrogen and oxygen atoms in total. The van der Waals surface area contributed by atoms with E-state index in [1.54, 1.807) is 4.90 Å². The Labute approximate surface area is 169 Å². The number of hydrogen-bond donors (Lipinski definition) is 3. The Bertz CT molecular complexity index is 1050. The van der Waals surface area contributed by atoms with Crippen LogP contribution < -0.4 is 22.7 Å². The minimum absolute atomic E-state index is 0.0928. The van der Waals surface area contributed by atoms with Gasteiger partial charge in [-0.15, -0.1) is 0 Å². The summed E-state index contributed by atoms with van der Waals surface area (Å²) in [6.07, 6.45) is 0.189. The van der Waals surface area contributed by atoms with Gasteiger partial charge in [-0.25, -0.2) is 18.0 Å². The third kappa shape index (κ3) is 2.64. The molecule has 0 spiro atoms. The normalized spacial score (nSPS) is 35.6. The summed E-state index contributed by atoms with van der Waals surface area (Å²) in [4.78, 5) is 28.9. The van der Waals surface area contributed by atoms with Crippen LogP contribution in [-0.2, 0) is 4.74 Å². The van der Waals surface area contributed by atoms with Crippen molar-refractivity contribution in [3.63, 3.8) is 0 Å². The van der Waals surface area contributed by atoms with E-state index in [2.05, 4.69) is 4.98 Å². The number of likely N-dealkylation sites (tertiary alicyclic amines) is 1. The van der Waals surface area contributed by atoms with Crippen LogP contribution in [0.1, 0.15) is 42.7 Å². The highest BCUT2D eigenvalue weighted by atomic mass is 19.3. The molecule has 0 radical (unpaired) electrons. The smallest absolute Gasteiger partial charge is 0.328 e. The zero-order chi connectivity index (χ0) is 21.5. The molecule has 5 rings (SSSR count). The Hall–Kier alpha value is -2.11. The molecule has 0 bridgehead atoms. The van der Waals surface area contributed by atoms with Gasteiger partial charge < -0.3 is 16.2 Å². The lowest BCUT2D eigenvalue weighted by Crippen LogP contribution is -2.49. The summed E-state index contributed by atoms with van der Waals surface area (Å²) < 4.78 is 50.5. The van der Waals surface area contributed by atoms with E-state index in [-0.39, 0.29) is 48.4 Å². The predicted molar refractivity (Wildman–Crippen MR) is 101 cm³/mol. The quantitative estimate of drug-likeness (QED) is 0.645. The molecule has 5 unspecified atom stereocenters. The standard InChI is InChI=1S/C19H24F3N5O3/c1-30-15-13-10(17(28)25-18(29)27(13)8-2-3-8)12(23)11(20)14(15)26-5-7-4-19(21,22)16(24)9(7)6-26/h7-9,14-16H,2-6,23-24H2,1H3,(H,25,28,29). The van der Waals surface area contributed by atoms with Crippen molar-refractivity contribution >= 4 is 5.70 Å². The lowest BCUT2D eigenvalue weighted by molar-refractivity contribution is -0.0267. The molecule has 2 heterocycles. The fraction of sp³-hybridized carbons (Fsp3) is 0.684. The molecule has 3 fully saturated rings. The molecule has 11 heteroatoms. The average Bonchev–Trinajstić information content (AvgIpc) is 3.38. The number of nitrogens with two attached hydrogens (primary N) is 2. The van der Waals surface area contributed by atoms with Gasteiger partial charge in [0.1, 0.15) is 11.9 Å². The molecule has 5 N–H and O–H groups in total. The lowest BCUT2D eigenvalue weighted by Gasteiger charge is -2.38. The molecule has 2 saturated carbocycles. The van der Waals surface area contributed by atoms with Crippen LogP contribution in [0.5, 0.6) is 0 Å². The zero-order valence-electron chi connectivity index (χ0n) is 16.4. The number of nitrogens with zero attached hydrogens (tertiary/aromatic N) is 2. The number of halogens is 3. The van der Waals surface area contributed by atoms with Gasteiger partial charge >= 0.3 is 5.69 Å². The molecule has 1 aliphatic heterocycles. The van der Waals surface area contributed by atoms with Crippen molar-refractivity contribution in [2.45, 2.75) is 49.4 Å². The Morgan fingerprint density at radius 3 is 2.53 bits per heavy atom. The molecule has 30 heavy (non-hydrogen) atoms. The van der Waals surface area contributed by atoms with E-state index in [9.17, 15) is 18.4 Å². The maximum absolute atomic E-state index is 15.5. The molecule has 4 aliphatic rings. The number of methoxy groups -OCH3 is 1. The number of alkyl halides is 2. The van der Waals surface area contributed by atoms with Gasteiger partial charge in [-0.2, -0.15) is 0 Å². The topological polar surface area (TPSA) is 119 Å². The first-order valence-corrected chi connectivity index (χ1v) is 10.1. The second-order valence-corrected chi connectivity index (χ2v) is 8.85. The molecular formula is C19H24F3N5O3. The van der Waals surface area contributed by atoms with Crippen LogP contribution in [-0.4, -0.2) is 52.7 Å². The van der Waals surface area contributed by atoms with Gasteiger partial charge in [0, 0.05) is 32.7 Å². The van der Waals surface area contributed by atoms with Crippen molar-refractivity contribution in [1.29, 1.82) is 0 Å². The van der Waals surface area contributed by atoms with Crippen LogP contribution in [0.4, 0.5) is 13.2 Å². The number of H-pyrrole nitrogens is 1. The highest BCUT2D eigenvalue weighted by molar-refractivity contribution is 5.70. The van der Waals surface area contributed by atoms with Crippen molar-refractivity contribution < 1.29 is 17.9 Å². The number of nitrogens with one attached hydrogen (secondary N) is 1. The summed E-state index contributed by atoms with van der Waals surface area (Å²) in [6, 6.07) is -2.41. The summed E-state index contributed by atoms with van der Waals surface area (Å²) in [7, 11) is 1.37. The largest absolute Gasteiger partial charge is 0.396 e. The van der Waals surface area contributed by atoms with Gasteiger partial charge in [0.25, 0.3) is 11.5 Å². The molecular weight excluding hydrogens is 403 g/mol.